The van der Waals surface area contributed by atoms with Gasteiger partial charge in [-0.25, -0.2) is 0 Å². The number of anilines is 1. The Morgan fingerprint density at radius 2 is 2.27 bits per heavy atom. The summed E-state index contributed by atoms with van der Waals surface area (Å²) < 4.78 is 0. The maximum atomic E-state index is 5.97. The van der Waals surface area contributed by atoms with Crippen LogP contribution in [0.4, 0.5) is 5.69 Å². The van der Waals surface area contributed by atoms with Crippen molar-refractivity contribution in [1.29, 1.82) is 0 Å². The molecule has 1 aromatic rings. The van der Waals surface area contributed by atoms with Crippen LogP contribution in [-0.2, 0) is 6.54 Å². The van der Waals surface area contributed by atoms with Gasteiger partial charge in [0.25, 0.3) is 0 Å². The van der Waals surface area contributed by atoms with E-state index >= 15 is 0 Å². The predicted octanol–water partition coefficient (Wildman–Crippen LogP) is 2.91. The van der Waals surface area contributed by atoms with Crippen molar-refractivity contribution in [3.8, 4) is 0 Å². The number of benzene rings is 1. The van der Waals surface area contributed by atoms with E-state index in [1.54, 1.807) is 6.07 Å². The van der Waals surface area contributed by atoms with E-state index in [0.717, 1.165) is 17.3 Å². The summed E-state index contributed by atoms with van der Waals surface area (Å²) in [6.07, 6.45) is 2.60. The van der Waals surface area contributed by atoms with Gasteiger partial charge in [0.1, 0.15) is 0 Å². The number of nitrogen functional groups attached to an aromatic ring is 1. The number of halogens is 1. The van der Waals surface area contributed by atoms with Crippen LogP contribution in [0, 0.1) is 0 Å². The van der Waals surface area contributed by atoms with Crippen molar-refractivity contribution in [1.82, 2.24) is 4.90 Å². The molecule has 82 valence electrons. The van der Waals surface area contributed by atoms with Gasteiger partial charge in [0.15, 0.2) is 0 Å². The van der Waals surface area contributed by atoms with Gasteiger partial charge in [0, 0.05) is 23.3 Å². The monoisotopic (exact) mass is 224 g/mol. The van der Waals surface area contributed by atoms with Crippen LogP contribution in [0.2, 0.25) is 5.02 Å². The largest absolute Gasteiger partial charge is 0.399 e. The van der Waals surface area contributed by atoms with Gasteiger partial charge in [-0.2, -0.15) is 0 Å². The Morgan fingerprint density at radius 3 is 2.87 bits per heavy atom. The zero-order valence-electron chi connectivity index (χ0n) is 9.04. The van der Waals surface area contributed by atoms with Crippen LogP contribution in [0.15, 0.2) is 18.2 Å². The second-order valence-electron chi connectivity index (χ2n) is 4.35. The first-order chi connectivity index (χ1) is 7.15. The quantitative estimate of drug-likeness (QED) is 0.783. The van der Waals surface area contributed by atoms with Gasteiger partial charge in [0.2, 0.25) is 0 Å². The van der Waals surface area contributed by atoms with E-state index in [1.807, 2.05) is 12.1 Å². The minimum absolute atomic E-state index is 0.685. The lowest BCUT2D eigenvalue weighted by atomic mass is 10.2. The van der Waals surface area contributed by atoms with Crippen LogP contribution in [0.3, 0.4) is 0 Å². The van der Waals surface area contributed by atoms with Crippen molar-refractivity contribution in [2.24, 2.45) is 0 Å². The third-order valence-electron chi connectivity index (χ3n) is 3.06. The summed E-state index contributed by atoms with van der Waals surface area (Å²) in [6.45, 7) is 4.43. The molecule has 0 radical (unpaired) electrons. The molecule has 15 heavy (non-hydrogen) atoms. The van der Waals surface area contributed by atoms with Crippen LogP contribution in [0.1, 0.15) is 25.3 Å². The number of hydrogen-bond acceptors (Lipinski definition) is 2. The minimum atomic E-state index is 0.685. The van der Waals surface area contributed by atoms with Crippen LogP contribution in [-0.4, -0.2) is 17.5 Å². The van der Waals surface area contributed by atoms with E-state index in [4.69, 9.17) is 17.3 Å². The van der Waals surface area contributed by atoms with E-state index in [-0.39, 0.29) is 0 Å². The Kier molecular flexibility index (Phi) is 3.17. The normalized spacial score (nSPS) is 22.1. The highest BCUT2D eigenvalue weighted by atomic mass is 35.5. The number of hydrogen-bond donors (Lipinski definition) is 1. The summed E-state index contributed by atoms with van der Waals surface area (Å²) in [7, 11) is 0. The first-order valence-electron chi connectivity index (χ1n) is 5.44. The molecule has 1 aliphatic rings. The molecule has 1 fully saturated rings. The summed E-state index contributed by atoms with van der Waals surface area (Å²) >= 11 is 5.97. The first-order valence-corrected chi connectivity index (χ1v) is 5.82. The highest BCUT2D eigenvalue weighted by Crippen LogP contribution is 2.22. The van der Waals surface area contributed by atoms with Gasteiger partial charge >= 0.3 is 0 Å². The molecule has 1 aromatic carbocycles. The van der Waals surface area contributed by atoms with E-state index in [0.29, 0.717) is 6.04 Å². The first kappa shape index (κ1) is 10.8. The molecule has 1 aliphatic heterocycles. The molecule has 1 unspecified atom stereocenters. The van der Waals surface area contributed by atoms with Crippen molar-refractivity contribution < 1.29 is 0 Å². The summed E-state index contributed by atoms with van der Waals surface area (Å²) in [5.74, 6) is 0. The number of nitrogens with zero attached hydrogens (tertiary/aromatic N) is 1. The number of rotatable bonds is 2. The van der Waals surface area contributed by atoms with Crippen LogP contribution >= 0.6 is 11.6 Å². The Hall–Kier alpha value is -0.730. The van der Waals surface area contributed by atoms with Crippen LogP contribution in [0.25, 0.3) is 0 Å². The lowest BCUT2D eigenvalue weighted by Gasteiger charge is -2.21. The van der Waals surface area contributed by atoms with E-state index in [2.05, 4.69) is 11.8 Å². The van der Waals surface area contributed by atoms with Gasteiger partial charge in [0.05, 0.1) is 0 Å². The lowest BCUT2D eigenvalue weighted by Crippen LogP contribution is -2.26. The molecule has 0 saturated carbocycles. The highest BCUT2D eigenvalue weighted by Gasteiger charge is 2.19. The molecule has 3 heteroatoms. The van der Waals surface area contributed by atoms with E-state index in [9.17, 15) is 0 Å². The molecule has 0 spiro atoms. The zero-order chi connectivity index (χ0) is 10.8. The zero-order valence-corrected chi connectivity index (χ0v) is 9.80. The summed E-state index contributed by atoms with van der Waals surface area (Å²) in [5, 5.41) is 0.733. The summed E-state index contributed by atoms with van der Waals surface area (Å²) in [5.41, 5.74) is 7.74. The Morgan fingerprint density at radius 1 is 1.47 bits per heavy atom. The topological polar surface area (TPSA) is 29.3 Å². The Labute approximate surface area is 96.0 Å². The molecular formula is C12H17ClN2. The second-order valence-corrected chi connectivity index (χ2v) is 4.79. The van der Waals surface area contributed by atoms with Crippen molar-refractivity contribution in [3.63, 3.8) is 0 Å². The van der Waals surface area contributed by atoms with Gasteiger partial charge in [-0.1, -0.05) is 11.6 Å². The van der Waals surface area contributed by atoms with Crippen molar-refractivity contribution >= 4 is 17.3 Å². The average Bonchev–Trinajstić information content (AvgIpc) is 2.50. The van der Waals surface area contributed by atoms with Crippen molar-refractivity contribution in [2.75, 3.05) is 12.3 Å². The fourth-order valence-corrected chi connectivity index (χ4v) is 2.49. The molecule has 2 N–H and O–H groups in total. The summed E-state index contributed by atoms with van der Waals surface area (Å²) in [6, 6.07) is 6.49. The smallest absolute Gasteiger partial charge is 0.0429 e. The fraction of sp³-hybridized carbons (Fsp3) is 0.500. The van der Waals surface area contributed by atoms with E-state index < -0.39 is 0 Å². The fourth-order valence-electron chi connectivity index (χ4n) is 2.23. The molecule has 0 aromatic heterocycles. The Bertz CT molecular complexity index is 331. The average molecular weight is 225 g/mol. The molecule has 2 rings (SSSR count). The number of nitrogens with two attached hydrogens (primary N) is 1. The molecule has 1 atom stereocenters. The second kappa shape index (κ2) is 4.42. The summed E-state index contributed by atoms with van der Waals surface area (Å²) in [4.78, 5) is 2.48. The van der Waals surface area contributed by atoms with Gasteiger partial charge in [-0.3, -0.25) is 4.90 Å². The van der Waals surface area contributed by atoms with Gasteiger partial charge in [-0.05, 0) is 50.1 Å². The lowest BCUT2D eigenvalue weighted by molar-refractivity contribution is 0.260. The van der Waals surface area contributed by atoms with Crippen molar-refractivity contribution in [2.45, 2.75) is 32.4 Å². The van der Waals surface area contributed by atoms with Crippen molar-refractivity contribution in [3.05, 3.63) is 28.8 Å². The van der Waals surface area contributed by atoms with Crippen LogP contribution in [0.5, 0.6) is 0 Å². The van der Waals surface area contributed by atoms with Gasteiger partial charge in [-0.15, -0.1) is 0 Å². The molecule has 0 amide bonds. The molecule has 0 bridgehead atoms. The molecule has 2 nitrogen and oxygen atoms in total. The standard InChI is InChI=1S/C12H17ClN2/c1-9-3-2-4-15(9)8-10-5-11(13)7-12(14)6-10/h5-7,9H,2-4,8,14H2,1H3. The van der Waals surface area contributed by atoms with E-state index in [1.165, 1.54) is 24.9 Å². The maximum Gasteiger partial charge on any atom is 0.0429 e. The number of likely N-dealkylation sites (tertiary alicyclic amines) is 1. The third kappa shape index (κ3) is 2.64. The maximum absolute atomic E-state index is 5.97. The minimum Gasteiger partial charge on any atom is -0.399 e. The van der Waals surface area contributed by atoms with Crippen LogP contribution < -0.4 is 5.73 Å². The molecule has 1 heterocycles. The molecule has 1 saturated heterocycles. The SMILES string of the molecule is CC1CCCN1Cc1cc(N)cc(Cl)c1. The third-order valence-corrected chi connectivity index (χ3v) is 3.27. The van der Waals surface area contributed by atoms with Gasteiger partial charge < -0.3 is 5.73 Å². The Balaban J connectivity index is 2.10. The molecular weight excluding hydrogens is 208 g/mol. The predicted molar refractivity (Wildman–Crippen MR) is 65.0 cm³/mol. The molecule has 0 aliphatic carbocycles. The highest BCUT2D eigenvalue weighted by molar-refractivity contribution is 6.30.